The van der Waals surface area contributed by atoms with Crippen LogP contribution in [0.5, 0.6) is 11.5 Å². The molecule has 0 saturated carbocycles. The quantitative estimate of drug-likeness (QED) is 0.531. The van der Waals surface area contributed by atoms with Gasteiger partial charge in [0.2, 0.25) is 0 Å². The van der Waals surface area contributed by atoms with Gasteiger partial charge < -0.3 is 15.1 Å². The van der Waals surface area contributed by atoms with E-state index in [9.17, 15) is 0 Å². The van der Waals surface area contributed by atoms with Crippen LogP contribution in [0.2, 0.25) is 0 Å². The average Bonchev–Trinajstić information content (AvgIpc) is 2.04. The summed E-state index contributed by atoms with van der Waals surface area (Å²) in [4.78, 5) is 4.35. The minimum absolute atomic E-state index is 0.0181. The normalized spacial score (nSPS) is 9.64. The Bertz CT molecular complexity index is 249. The zero-order valence-corrected chi connectivity index (χ0v) is 5.82. The van der Waals surface area contributed by atoms with Crippen LogP contribution < -0.4 is 10.7 Å². The standard InChI is InChI=1S/C7H9NO3/c8-11-6-2-1-5(4-9)7(10)3-6/h1-3,9-10H,4,8H2. The van der Waals surface area contributed by atoms with Gasteiger partial charge in [0.15, 0.2) is 5.75 Å². The van der Waals surface area contributed by atoms with Crippen LogP contribution in [0.1, 0.15) is 5.56 Å². The summed E-state index contributed by atoms with van der Waals surface area (Å²) < 4.78 is 0. The molecule has 60 valence electrons. The van der Waals surface area contributed by atoms with Crippen LogP contribution >= 0.6 is 0 Å². The predicted octanol–water partition coefficient (Wildman–Crippen LogP) is 0.137. The van der Waals surface area contributed by atoms with Crippen LogP contribution in [0.15, 0.2) is 18.2 Å². The highest BCUT2D eigenvalue weighted by molar-refractivity contribution is 5.38. The fraction of sp³-hybridized carbons (Fsp3) is 0.143. The molecule has 1 rings (SSSR count). The van der Waals surface area contributed by atoms with Gasteiger partial charge >= 0.3 is 0 Å². The molecule has 0 amide bonds. The average molecular weight is 155 g/mol. The van der Waals surface area contributed by atoms with E-state index in [1.807, 2.05) is 0 Å². The topological polar surface area (TPSA) is 75.7 Å². The zero-order chi connectivity index (χ0) is 8.27. The van der Waals surface area contributed by atoms with Crippen molar-refractivity contribution in [3.8, 4) is 11.5 Å². The molecule has 4 heteroatoms. The van der Waals surface area contributed by atoms with Crippen LogP contribution in [-0.4, -0.2) is 10.2 Å². The van der Waals surface area contributed by atoms with Crippen molar-refractivity contribution in [1.29, 1.82) is 0 Å². The number of aliphatic hydroxyl groups is 1. The molecule has 4 N–H and O–H groups in total. The van der Waals surface area contributed by atoms with Crippen molar-refractivity contribution in [2.75, 3.05) is 0 Å². The van der Waals surface area contributed by atoms with Crippen LogP contribution in [0.4, 0.5) is 0 Å². The molecule has 0 fully saturated rings. The van der Waals surface area contributed by atoms with Crippen molar-refractivity contribution in [3.63, 3.8) is 0 Å². The molecular weight excluding hydrogens is 146 g/mol. The molecule has 0 bridgehead atoms. The first-order chi connectivity index (χ1) is 5.27. The van der Waals surface area contributed by atoms with Gasteiger partial charge in [0.25, 0.3) is 0 Å². The van der Waals surface area contributed by atoms with Crippen LogP contribution in [0.3, 0.4) is 0 Å². The summed E-state index contributed by atoms with van der Waals surface area (Å²) in [7, 11) is 0. The SMILES string of the molecule is NOc1ccc(CO)c(O)c1. The molecule has 0 saturated heterocycles. The molecule has 0 aliphatic rings. The second-order valence-electron chi connectivity index (χ2n) is 2.07. The van der Waals surface area contributed by atoms with Crippen molar-refractivity contribution in [2.24, 2.45) is 5.90 Å². The molecule has 0 aliphatic heterocycles. The number of benzene rings is 1. The summed E-state index contributed by atoms with van der Waals surface area (Å²) in [5.74, 6) is 5.18. The molecule has 4 nitrogen and oxygen atoms in total. The lowest BCUT2D eigenvalue weighted by molar-refractivity contribution is 0.274. The second-order valence-corrected chi connectivity index (χ2v) is 2.07. The molecule has 1 aromatic rings. The van der Waals surface area contributed by atoms with Crippen LogP contribution in [0.25, 0.3) is 0 Å². The van der Waals surface area contributed by atoms with Gasteiger partial charge in [0, 0.05) is 11.6 Å². The third kappa shape index (κ3) is 1.60. The first kappa shape index (κ1) is 7.84. The Kier molecular flexibility index (Phi) is 2.30. The Balaban J connectivity index is 2.99. The highest BCUT2D eigenvalue weighted by atomic mass is 16.6. The number of nitrogens with two attached hydrogens (primary N) is 1. The van der Waals surface area contributed by atoms with Crippen molar-refractivity contribution < 1.29 is 15.1 Å². The highest BCUT2D eigenvalue weighted by Gasteiger charge is 2.00. The summed E-state index contributed by atoms with van der Waals surface area (Å²) in [6, 6.07) is 4.44. The van der Waals surface area contributed by atoms with Gasteiger partial charge in [-0.3, -0.25) is 0 Å². The van der Waals surface area contributed by atoms with Gasteiger partial charge in [-0.1, -0.05) is 0 Å². The maximum atomic E-state index is 9.13. The van der Waals surface area contributed by atoms with Crippen molar-refractivity contribution >= 4 is 0 Å². The second kappa shape index (κ2) is 3.23. The number of hydrogen-bond acceptors (Lipinski definition) is 4. The Hall–Kier alpha value is -1.26. The van der Waals surface area contributed by atoms with Crippen LogP contribution in [-0.2, 0) is 6.61 Å². The van der Waals surface area contributed by atoms with Crippen molar-refractivity contribution in [1.82, 2.24) is 0 Å². The molecule has 0 radical (unpaired) electrons. The van der Waals surface area contributed by atoms with E-state index in [1.54, 1.807) is 6.07 Å². The largest absolute Gasteiger partial charge is 0.507 e. The Morgan fingerprint density at radius 1 is 1.45 bits per heavy atom. The summed E-state index contributed by atoms with van der Waals surface area (Å²) in [5.41, 5.74) is 0.450. The first-order valence-electron chi connectivity index (χ1n) is 3.07. The minimum atomic E-state index is -0.198. The van der Waals surface area contributed by atoms with E-state index < -0.39 is 0 Å². The molecule has 11 heavy (non-hydrogen) atoms. The van der Waals surface area contributed by atoms with E-state index in [0.717, 1.165) is 0 Å². The molecular formula is C7H9NO3. The molecule has 0 aromatic heterocycles. The maximum Gasteiger partial charge on any atom is 0.150 e. The molecule has 0 heterocycles. The zero-order valence-electron chi connectivity index (χ0n) is 5.82. The van der Waals surface area contributed by atoms with E-state index in [-0.39, 0.29) is 12.4 Å². The van der Waals surface area contributed by atoms with Crippen molar-refractivity contribution in [2.45, 2.75) is 6.61 Å². The van der Waals surface area contributed by atoms with Gasteiger partial charge in [-0.25, -0.2) is 0 Å². The van der Waals surface area contributed by atoms with E-state index in [2.05, 4.69) is 4.84 Å². The fourth-order valence-electron chi connectivity index (χ4n) is 0.751. The fourth-order valence-corrected chi connectivity index (χ4v) is 0.751. The Morgan fingerprint density at radius 2 is 2.18 bits per heavy atom. The smallest absolute Gasteiger partial charge is 0.150 e. The third-order valence-electron chi connectivity index (χ3n) is 1.36. The van der Waals surface area contributed by atoms with Gasteiger partial charge in [0.05, 0.1) is 6.61 Å². The lowest BCUT2D eigenvalue weighted by Crippen LogP contribution is -2.01. The summed E-state index contributed by atoms with van der Waals surface area (Å²) >= 11 is 0. The minimum Gasteiger partial charge on any atom is -0.507 e. The molecule has 0 aliphatic carbocycles. The number of aromatic hydroxyl groups is 1. The first-order valence-corrected chi connectivity index (χ1v) is 3.07. The Labute approximate surface area is 63.8 Å². The van der Waals surface area contributed by atoms with Crippen LogP contribution in [0, 0.1) is 0 Å². The summed E-state index contributed by atoms with van der Waals surface area (Å²) in [6.07, 6.45) is 0. The monoisotopic (exact) mass is 155 g/mol. The van der Waals surface area contributed by atoms with Gasteiger partial charge in [0.1, 0.15) is 5.75 Å². The number of phenols is 1. The van der Waals surface area contributed by atoms with Gasteiger partial charge in [-0.15, -0.1) is 0 Å². The lowest BCUT2D eigenvalue weighted by Gasteiger charge is -2.02. The predicted molar refractivity (Wildman–Crippen MR) is 38.8 cm³/mol. The molecule has 1 aromatic carbocycles. The molecule has 0 atom stereocenters. The maximum absolute atomic E-state index is 9.13. The number of hydrogen-bond donors (Lipinski definition) is 3. The third-order valence-corrected chi connectivity index (χ3v) is 1.36. The molecule has 0 spiro atoms. The van der Waals surface area contributed by atoms with E-state index in [4.69, 9.17) is 16.1 Å². The van der Waals surface area contributed by atoms with Gasteiger partial charge in [-0.2, -0.15) is 5.90 Å². The van der Waals surface area contributed by atoms with E-state index in [0.29, 0.717) is 11.3 Å². The summed E-state index contributed by atoms with van der Waals surface area (Å²) in [6.45, 7) is -0.198. The van der Waals surface area contributed by atoms with Crippen molar-refractivity contribution in [3.05, 3.63) is 23.8 Å². The van der Waals surface area contributed by atoms with E-state index in [1.165, 1.54) is 12.1 Å². The Morgan fingerprint density at radius 3 is 2.64 bits per heavy atom. The lowest BCUT2D eigenvalue weighted by atomic mass is 10.2. The highest BCUT2D eigenvalue weighted by Crippen LogP contribution is 2.22. The number of rotatable bonds is 2. The summed E-state index contributed by atoms with van der Waals surface area (Å²) in [5, 5.41) is 17.8. The molecule has 0 unspecified atom stereocenters. The van der Waals surface area contributed by atoms with Gasteiger partial charge in [-0.05, 0) is 12.1 Å². The van der Waals surface area contributed by atoms with E-state index >= 15 is 0 Å². The number of aliphatic hydroxyl groups excluding tert-OH is 1.